The summed E-state index contributed by atoms with van der Waals surface area (Å²) in [6.07, 6.45) is 1.44. The Morgan fingerprint density at radius 2 is 1.69 bits per heavy atom. The van der Waals surface area contributed by atoms with Crippen molar-refractivity contribution in [1.29, 1.82) is 0 Å². The van der Waals surface area contributed by atoms with Gasteiger partial charge in [-0.25, -0.2) is 9.48 Å². The lowest BCUT2D eigenvalue weighted by molar-refractivity contribution is 0.191. The van der Waals surface area contributed by atoms with Crippen LogP contribution in [0, 0.1) is 0 Å². The maximum atomic E-state index is 12.5. The number of carbonyl (C=O) groups is 1. The van der Waals surface area contributed by atoms with E-state index < -0.39 is 0 Å². The van der Waals surface area contributed by atoms with Crippen molar-refractivity contribution >= 4 is 6.03 Å². The van der Waals surface area contributed by atoms with Gasteiger partial charge in [-0.3, -0.25) is 4.79 Å². The van der Waals surface area contributed by atoms with Crippen LogP contribution in [-0.2, 0) is 25.9 Å². The highest BCUT2D eigenvalue weighted by atomic mass is 16.2. The number of hydrogen-bond acceptors (Lipinski definition) is 3. The van der Waals surface area contributed by atoms with Crippen LogP contribution in [0.15, 0.2) is 71.5 Å². The van der Waals surface area contributed by atoms with Gasteiger partial charge in [-0.1, -0.05) is 60.7 Å². The van der Waals surface area contributed by atoms with Crippen LogP contribution in [0.25, 0.3) is 0 Å². The fraction of sp³-hybridized carbons (Fsp3) is 0.261. The predicted octanol–water partition coefficient (Wildman–Crippen LogP) is 2.60. The van der Waals surface area contributed by atoms with Crippen LogP contribution < -0.4 is 10.9 Å². The van der Waals surface area contributed by atoms with E-state index >= 15 is 0 Å². The van der Waals surface area contributed by atoms with E-state index in [0.717, 1.165) is 23.2 Å². The van der Waals surface area contributed by atoms with Crippen LogP contribution in [-0.4, -0.2) is 33.8 Å². The molecule has 2 heterocycles. The van der Waals surface area contributed by atoms with Crippen molar-refractivity contribution in [2.75, 3.05) is 13.1 Å². The number of amides is 2. The van der Waals surface area contributed by atoms with E-state index in [-0.39, 0.29) is 11.6 Å². The Labute approximate surface area is 169 Å². The Kier molecular flexibility index (Phi) is 5.70. The number of nitrogens with zero attached hydrogens (tertiary/aromatic N) is 3. The molecule has 1 N–H and O–H groups in total. The molecular weight excluding hydrogens is 364 g/mol. The fourth-order valence-electron chi connectivity index (χ4n) is 3.55. The largest absolute Gasteiger partial charge is 0.338 e. The van der Waals surface area contributed by atoms with E-state index in [4.69, 9.17) is 0 Å². The van der Waals surface area contributed by atoms with Gasteiger partial charge in [0.25, 0.3) is 5.56 Å². The summed E-state index contributed by atoms with van der Waals surface area (Å²) in [5, 5.41) is 7.52. The van der Waals surface area contributed by atoms with Gasteiger partial charge in [0.15, 0.2) is 0 Å². The molecule has 0 aliphatic carbocycles. The van der Waals surface area contributed by atoms with Crippen LogP contribution in [0.5, 0.6) is 0 Å². The molecule has 0 spiro atoms. The van der Waals surface area contributed by atoms with E-state index in [1.807, 2.05) is 48.5 Å². The summed E-state index contributed by atoms with van der Waals surface area (Å²) in [7, 11) is 0. The van der Waals surface area contributed by atoms with Crippen molar-refractivity contribution in [2.24, 2.45) is 0 Å². The maximum Gasteiger partial charge on any atom is 0.317 e. The molecule has 2 amide bonds. The van der Waals surface area contributed by atoms with E-state index in [0.29, 0.717) is 32.6 Å². The highest BCUT2D eigenvalue weighted by Crippen LogP contribution is 2.15. The molecule has 0 saturated carbocycles. The molecule has 0 saturated heterocycles. The molecular formula is C23H24N4O2. The standard InChI is InChI=1S/C23H24N4O2/c28-22-15-20-17-26(23(29)24-13-11-18-7-3-1-4-8-18)14-12-21(20)25-27(22)16-19-9-5-2-6-10-19/h1-10,15H,11-14,16-17H2,(H,24,29). The Bertz CT molecular complexity index is 1030. The van der Waals surface area contributed by atoms with Crippen LogP contribution in [0.1, 0.15) is 22.4 Å². The van der Waals surface area contributed by atoms with Crippen molar-refractivity contribution in [3.8, 4) is 0 Å². The summed E-state index contributed by atoms with van der Waals surface area (Å²) in [5.74, 6) is 0. The third-order valence-electron chi connectivity index (χ3n) is 5.14. The van der Waals surface area contributed by atoms with Crippen molar-refractivity contribution < 1.29 is 4.79 Å². The van der Waals surface area contributed by atoms with Gasteiger partial charge < -0.3 is 10.2 Å². The molecule has 0 unspecified atom stereocenters. The highest BCUT2D eigenvalue weighted by Gasteiger charge is 2.22. The molecule has 1 aliphatic heterocycles. The molecule has 0 bridgehead atoms. The highest BCUT2D eigenvalue weighted by molar-refractivity contribution is 5.74. The monoisotopic (exact) mass is 388 g/mol. The molecule has 6 nitrogen and oxygen atoms in total. The zero-order chi connectivity index (χ0) is 20.1. The summed E-state index contributed by atoms with van der Waals surface area (Å²) in [5.41, 5.74) is 3.83. The van der Waals surface area contributed by atoms with Crippen molar-refractivity contribution in [1.82, 2.24) is 20.0 Å². The lowest BCUT2D eigenvalue weighted by atomic mass is 10.1. The maximum absolute atomic E-state index is 12.5. The number of fused-ring (bicyclic) bond motifs is 1. The van der Waals surface area contributed by atoms with Gasteiger partial charge in [0.05, 0.1) is 12.2 Å². The van der Waals surface area contributed by atoms with Crippen molar-refractivity contribution in [3.05, 3.63) is 99.5 Å². The molecule has 0 radical (unpaired) electrons. The summed E-state index contributed by atoms with van der Waals surface area (Å²) in [6.45, 7) is 2.06. The molecule has 1 aliphatic rings. The number of nitrogens with one attached hydrogen (secondary N) is 1. The average Bonchev–Trinajstić information content (AvgIpc) is 2.75. The molecule has 0 atom stereocenters. The van der Waals surface area contributed by atoms with Gasteiger partial charge in [-0.05, 0) is 17.5 Å². The zero-order valence-electron chi connectivity index (χ0n) is 16.3. The fourth-order valence-corrected chi connectivity index (χ4v) is 3.55. The molecule has 29 heavy (non-hydrogen) atoms. The lowest BCUT2D eigenvalue weighted by Crippen LogP contribution is -2.44. The smallest absolute Gasteiger partial charge is 0.317 e. The number of carbonyl (C=O) groups excluding carboxylic acids is 1. The van der Waals surface area contributed by atoms with Crippen molar-refractivity contribution in [3.63, 3.8) is 0 Å². The van der Waals surface area contributed by atoms with Gasteiger partial charge >= 0.3 is 6.03 Å². The molecule has 148 valence electrons. The van der Waals surface area contributed by atoms with Gasteiger partial charge in [-0.15, -0.1) is 0 Å². The van der Waals surface area contributed by atoms with Gasteiger partial charge in [0.2, 0.25) is 0 Å². The number of rotatable bonds is 5. The van der Waals surface area contributed by atoms with Crippen LogP contribution in [0.2, 0.25) is 0 Å². The number of hydrogen-bond donors (Lipinski definition) is 1. The normalized spacial score (nSPS) is 13.0. The van der Waals surface area contributed by atoms with Crippen molar-refractivity contribution in [2.45, 2.75) is 25.9 Å². The van der Waals surface area contributed by atoms with E-state index in [1.54, 1.807) is 11.0 Å². The van der Waals surface area contributed by atoms with Gasteiger partial charge in [0.1, 0.15) is 0 Å². The van der Waals surface area contributed by atoms with Crippen LogP contribution in [0.3, 0.4) is 0 Å². The first kappa shape index (κ1) is 18.9. The van der Waals surface area contributed by atoms with Crippen LogP contribution >= 0.6 is 0 Å². The van der Waals surface area contributed by atoms with E-state index in [9.17, 15) is 9.59 Å². The quantitative estimate of drug-likeness (QED) is 0.731. The zero-order valence-corrected chi connectivity index (χ0v) is 16.3. The van der Waals surface area contributed by atoms with Gasteiger partial charge in [-0.2, -0.15) is 5.10 Å². The summed E-state index contributed by atoms with van der Waals surface area (Å²) in [4.78, 5) is 26.7. The molecule has 6 heteroatoms. The Hall–Kier alpha value is -3.41. The van der Waals surface area contributed by atoms with E-state index in [2.05, 4.69) is 22.5 Å². The Morgan fingerprint density at radius 1 is 1.00 bits per heavy atom. The second kappa shape index (κ2) is 8.73. The minimum Gasteiger partial charge on any atom is -0.338 e. The number of urea groups is 1. The van der Waals surface area contributed by atoms with Crippen LogP contribution in [0.4, 0.5) is 4.79 Å². The Balaban J connectivity index is 1.37. The molecule has 4 rings (SSSR count). The third-order valence-corrected chi connectivity index (χ3v) is 5.14. The molecule has 1 aromatic heterocycles. The summed E-state index contributed by atoms with van der Waals surface area (Å²) < 4.78 is 1.50. The first-order valence-corrected chi connectivity index (χ1v) is 9.89. The average molecular weight is 388 g/mol. The lowest BCUT2D eigenvalue weighted by Gasteiger charge is -2.28. The predicted molar refractivity (Wildman–Crippen MR) is 112 cm³/mol. The van der Waals surface area contributed by atoms with Gasteiger partial charge in [0, 0.05) is 37.7 Å². The minimum absolute atomic E-state index is 0.0972. The molecule has 2 aromatic carbocycles. The SMILES string of the molecule is O=C(NCCc1ccccc1)N1CCc2nn(Cc3ccccc3)c(=O)cc2C1. The Morgan fingerprint density at radius 3 is 2.41 bits per heavy atom. The minimum atomic E-state index is -0.140. The number of aromatic nitrogens is 2. The topological polar surface area (TPSA) is 67.2 Å². The summed E-state index contributed by atoms with van der Waals surface area (Å²) >= 11 is 0. The second-order valence-electron chi connectivity index (χ2n) is 7.24. The number of benzene rings is 2. The molecule has 0 fully saturated rings. The first-order chi connectivity index (χ1) is 14.2. The third kappa shape index (κ3) is 4.71. The molecule has 3 aromatic rings. The summed E-state index contributed by atoms with van der Waals surface area (Å²) in [6, 6.07) is 21.4. The first-order valence-electron chi connectivity index (χ1n) is 9.89. The van der Waals surface area contributed by atoms with E-state index in [1.165, 1.54) is 10.2 Å². The second-order valence-corrected chi connectivity index (χ2v) is 7.24.